The highest BCUT2D eigenvalue weighted by Crippen LogP contribution is 2.27. The Labute approximate surface area is 131 Å². The van der Waals surface area contributed by atoms with Gasteiger partial charge in [0, 0.05) is 0 Å². The number of cyclic esters (lactones) is 1. The summed E-state index contributed by atoms with van der Waals surface area (Å²) in [4.78, 5) is 12.2. The number of rotatable bonds is 4. The van der Waals surface area contributed by atoms with Crippen LogP contribution in [0.15, 0.2) is 60.7 Å². The zero-order valence-electron chi connectivity index (χ0n) is 12.8. The van der Waals surface area contributed by atoms with E-state index >= 15 is 0 Å². The third kappa shape index (κ3) is 3.20. The molecule has 0 radical (unpaired) electrons. The van der Waals surface area contributed by atoms with E-state index in [2.05, 4.69) is 29.6 Å². The smallest absolute Gasteiger partial charge is 0.326 e. The first-order valence-electron chi connectivity index (χ1n) is 7.71. The van der Waals surface area contributed by atoms with Gasteiger partial charge in [0.1, 0.15) is 12.1 Å². The second-order valence-electron chi connectivity index (χ2n) is 6.02. The van der Waals surface area contributed by atoms with Crippen LogP contribution in [0, 0.1) is 0 Å². The molecule has 0 spiro atoms. The summed E-state index contributed by atoms with van der Waals surface area (Å²) < 4.78 is 5.45. The largest absolute Gasteiger partial charge is 0.462 e. The molecule has 2 aromatic carbocycles. The first kappa shape index (κ1) is 14.8. The molecular weight excluding hydrogens is 274 g/mol. The van der Waals surface area contributed by atoms with Crippen molar-refractivity contribution in [3.63, 3.8) is 0 Å². The molecule has 0 amide bonds. The summed E-state index contributed by atoms with van der Waals surface area (Å²) >= 11 is 0. The number of benzene rings is 2. The Kier molecular flexibility index (Phi) is 4.25. The quantitative estimate of drug-likeness (QED) is 0.880. The molecule has 3 rings (SSSR count). The van der Waals surface area contributed by atoms with E-state index < -0.39 is 5.54 Å². The zero-order valence-corrected chi connectivity index (χ0v) is 12.8. The molecule has 22 heavy (non-hydrogen) atoms. The van der Waals surface area contributed by atoms with E-state index in [9.17, 15) is 4.79 Å². The second kappa shape index (κ2) is 6.32. The Hall–Kier alpha value is -2.13. The normalized spacial score (nSPS) is 24.8. The third-order valence-corrected chi connectivity index (χ3v) is 4.28. The van der Waals surface area contributed by atoms with Crippen LogP contribution in [-0.4, -0.2) is 18.1 Å². The molecule has 0 aromatic heterocycles. The van der Waals surface area contributed by atoms with Gasteiger partial charge in [-0.05, 0) is 30.9 Å². The standard InChI is InChI=1S/C19H21NO2/c1-19(13-12-15-8-4-2-5-9-15)18(21)22-14-17(20-19)16-10-6-3-7-11-16/h2-11,17,20H,12-14H2,1H3/t17-,19+/m0/s1. The number of carbonyl (C=O) groups excluding carboxylic acids is 1. The van der Waals surface area contributed by atoms with Crippen LogP contribution in [0.25, 0.3) is 0 Å². The minimum atomic E-state index is -0.644. The minimum Gasteiger partial charge on any atom is -0.462 e. The van der Waals surface area contributed by atoms with E-state index in [1.165, 1.54) is 5.56 Å². The molecule has 1 heterocycles. The minimum absolute atomic E-state index is 0.0553. The van der Waals surface area contributed by atoms with Gasteiger partial charge in [-0.15, -0.1) is 0 Å². The summed E-state index contributed by atoms with van der Waals surface area (Å²) in [6.07, 6.45) is 1.57. The lowest BCUT2D eigenvalue weighted by atomic mass is 9.90. The molecule has 0 unspecified atom stereocenters. The Morgan fingerprint density at radius 3 is 2.41 bits per heavy atom. The molecule has 1 saturated heterocycles. The van der Waals surface area contributed by atoms with E-state index in [1.807, 2.05) is 43.3 Å². The van der Waals surface area contributed by atoms with Crippen molar-refractivity contribution < 1.29 is 9.53 Å². The van der Waals surface area contributed by atoms with Crippen LogP contribution < -0.4 is 5.32 Å². The summed E-state index contributed by atoms with van der Waals surface area (Å²) in [6.45, 7) is 2.33. The maximum Gasteiger partial charge on any atom is 0.326 e. The highest BCUT2D eigenvalue weighted by molar-refractivity contribution is 5.81. The fourth-order valence-electron chi connectivity index (χ4n) is 2.88. The van der Waals surface area contributed by atoms with Crippen molar-refractivity contribution in [2.45, 2.75) is 31.3 Å². The van der Waals surface area contributed by atoms with Crippen molar-refractivity contribution in [2.75, 3.05) is 6.61 Å². The summed E-state index contributed by atoms with van der Waals surface area (Å²) in [5.41, 5.74) is 1.75. The summed E-state index contributed by atoms with van der Waals surface area (Å²) in [7, 11) is 0. The molecule has 0 bridgehead atoms. The van der Waals surface area contributed by atoms with Gasteiger partial charge in [0.2, 0.25) is 0 Å². The zero-order chi connectivity index (χ0) is 15.4. The average molecular weight is 295 g/mol. The number of esters is 1. The Bertz CT molecular complexity index is 626. The maximum absolute atomic E-state index is 12.2. The highest BCUT2D eigenvalue weighted by atomic mass is 16.5. The molecule has 3 nitrogen and oxygen atoms in total. The molecule has 2 aromatic rings. The molecular formula is C19H21NO2. The summed E-state index contributed by atoms with van der Waals surface area (Å²) in [5.74, 6) is -0.157. The number of ether oxygens (including phenoxy) is 1. The Balaban J connectivity index is 1.71. The van der Waals surface area contributed by atoms with Gasteiger partial charge in [-0.1, -0.05) is 60.7 Å². The number of morpholine rings is 1. The SMILES string of the molecule is C[C@]1(CCc2ccccc2)N[C@H](c2ccccc2)COC1=O. The van der Waals surface area contributed by atoms with E-state index in [0.29, 0.717) is 6.61 Å². The molecule has 114 valence electrons. The van der Waals surface area contributed by atoms with E-state index in [0.717, 1.165) is 18.4 Å². The lowest BCUT2D eigenvalue weighted by Gasteiger charge is -2.38. The van der Waals surface area contributed by atoms with E-state index in [1.54, 1.807) is 0 Å². The predicted octanol–water partition coefficient (Wildman–Crippen LogP) is 3.27. The van der Waals surface area contributed by atoms with Crippen molar-refractivity contribution >= 4 is 5.97 Å². The summed E-state index contributed by atoms with van der Waals surface area (Å²) in [5, 5.41) is 3.49. The number of hydrogen-bond acceptors (Lipinski definition) is 3. The molecule has 1 aliphatic heterocycles. The van der Waals surface area contributed by atoms with Crippen molar-refractivity contribution in [1.82, 2.24) is 5.32 Å². The monoisotopic (exact) mass is 295 g/mol. The first-order chi connectivity index (χ1) is 10.7. The van der Waals surface area contributed by atoms with Gasteiger partial charge >= 0.3 is 5.97 Å². The third-order valence-electron chi connectivity index (χ3n) is 4.28. The molecule has 2 atom stereocenters. The lowest BCUT2D eigenvalue weighted by Crippen LogP contribution is -2.57. The molecule has 1 aliphatic rings. The molecule has 0 aliphatic carbocycles. The maximum atomic E-state index is 12.2. The lowest BCUT2D eigenvalue weighted by molar-refractivity contribution is -0.158. The van der Waals surface area contributed by atoms with Crippen molar-refractivity contribution in [3.05, 3.63) is 71.8 Å². The topological polar surface area (TPSA) is 38.3 Å². The number of aryl methyl sites for hydroxylation is 1. The van der Waals surface area contributed by atoms with Gasteiger partial charge in [0.25, 0.3) is 0 Å². The van der Waals surface area contributed by atoms with Crippen LogP contribution in [-0.2, 0) is 16.0 Å². The van der Waals surface area contributed by atoms with E-state index in [-0.39, 0.29) is 12.0 Å². The first-order valence-corrected chi connectivity index (χ1v) is 7.71. The van der Waals surface area contributed by atoms with Gasteiger partial charge < -0.3 is 4.74 Å². The fourth-order valence-corrected chi connectivity index (χ4v) is 2.88. The number of hydrogen-bond donors (Lipinski definition) is 1. The van der Waals surface area contributed by atoms with Gasteiger partial charge in [0.15, 0.2) is 0 Å². The van der Waals surface area contributed by atoms with Crippen molar-refractivity contribution in [1.29, 1.82) is 0 Å². The predicted molar refractivity (Wildman–Crippen MR) is 86.4 cm³/mol. The Morgan fingerprint density at radius 1 is 1.09 bits per heavy atom. The van der Waals surface area contributed by atoms with Crippen LogP contribution in [0.1, 0.15) is 30.5 Å². The Morgan fingerprint density at radius 2 is 1.73 bits per heavy atom. The highest BCUT2D eigenvalue weighted by Gasteiger charge is 2.40. The average Bonchev–Trinajstić information content (AvgIpc) is 2.58. The molecule has 3 heteroatoms. The van der Waals surface area contributed by atoms with Crippen LogP contribution >= 0.6 is 0 Å². The van der Waals surface area contributed by atoms with E-state index in [4.69, 9.17) is 4.74 Å². The van der Waals surface area contributed by atoms with Crippen molar-refractivity contribution in [3.8, 4) is 0 Å². The van der Waals surface area contributed by atoms with Gasteiger partial charge in [-0.2, -0.15) is 0 Å². The van der Waals surface area contributed by atoms with Gasteiger partial charge in [0.05, 0.1) is 6.04 Å². The van der Waals surface area contributed by atoms with Crippen LogP contribution in [0.2, 0.25) is 0 Å². The molecule has 1 fully saturated rings. The number of carbonyl (C=O) groups is 1. The van der Waals surface area contributed by atoms with Crippen LogP contribution in [0.3, 0.4) is 0 Å². The molecule has 1 N–H and O–H groups in total. The van der Waals surface area contributed by atoms with Gasteiger partial charge in [-0.3, -0.25) is 10.1 Å². The fraction of sp³-hybridized carbons (Fsp3) is 0.316. The van der Waals surface area contributed by atoms with Gasteiger partial charge in [-0.25, -0.2) is 0 Å². The summed E-state index contributed by atoms with van der Waals surface area (Å²) in [6, 6.07) is 20.4. The van der Waals surface area contributed by atoms with Crippen LogP contribution in [0.4, 0.5) is 0 Å². The van der Waals surface area contributed by atoms with Crippen LogP contribution in [0.5, 0.6) is 0 Å². The number of nitrogens with one attached hydrogen (secondary N) is 1. The van der Waals surface area contributed by atoms with Crippen molar-refractivity contribution in [2.24, 2.45) is 0 Å². The molecule has 0 saturated carbocycles. The second-order valence-corrected chi connectivity index (χ2v) is 6.02.